The third-order valence-electron chi connectivity index (χ3n) is 6.30. The number of benzene rings is 1. The molecule has 0 saturated carbocycles. The second-order valence-corrected chi connectivity index (χ2v) is 10.7. The molecule has 0 spiro atoms. The number of fused-ring (bicyclic) bond motifs is 1. The van der Waals surface area contributed by atoms with Gasteiger partial charge in [0.2, 0.25) is 10.0 Å². The Morgan fingerprint density at radius 3 is 2.47 bits per heavy atom. The highest BCUT2D eigenvalue weighted by Gasteiger charge is 2.33. The van der Waals surface area contributed by atoms with Gasteiger partial charge in [-0.2, -0.15) is 4.31 Å². The predicted octanol–water partition coefficient (Wildman–Crippen LogP) is 3.77. The summed E-state index contributed by atoms with van der Waals surface area (Å²) in [6.07, 6.45) is 3.10. The van der Waals surface area contributed by atoms with E-state index in [1.54, 1.807) is 23.2 Å². The highest BCUT2D eigenvalue weighted by Crippen LogP contribution is 2.27. The van der Waals surface area contributed by atoms with Crippen LogP contribution in [0.2, 0.25) is 5.02 Å². The number of sulfonamides is 1. The van der Waals surface area contributed by atoms with Crippen LogP contribution in [0.3, 0.4) is 0 Å². The molecule has 0 atom stereocenters. The topological polar surface area (TPSA) is 91.3 Å². The van der Waals surface area contributed by atoms with Gasteiger partial charge in [0.05, 0.1) is 5.56 Å². The fourth-order valence-corrected chi connectivity index (χ4v) is 6.25. The molecule has 0 unspecified atom stereocenters. The van der Waals surface area contributed by atoms with Gasteiger partial charge in [0.1, 0.15) is 10.5 Å². The van der Waals surface area contributed by atoms with Gasteiger partial charge in [-0.25, -0.2) is 13.4 Å². The quantitative estimate of drug-likeness (QED) is 0.464. The number of rotatable bonds is 4. The first-order chi connectivity index (χ1) is 16.3. The van der Waals surface area contributed by atoms with Crippen molar-refractivity contribution >= 4 is 38.6 Å². The number of carbonyl (C=O) groups is 1. The number of hydrogen-bond acceptors (Lipinski definition) is 4. The average molecular weight is 498 g/mol. The summed E-state index contributed by atoms with van der Waals surface area (Å²) in [6, 6.07) is 12.8. The Labute approximate surface area is 202 Å². The molecule has 1 aliphatic rings. The van der Waals surface area contributed by atoms with E-state index in [0.29, 0.717) is 34.7 Å². The number of aromatic amines is 1. The van der Waals surface area contributed by atoms with Gasteiger partial charge in [-0.1, -0.05) is 11.6 Å². The monoisotopic (exact) mass is 497 g/mol. The summed E-state index contributed by atoms with van der Waals surface area (Å²) in [6.45, 7) is 4.99. The molecule has 0 aliphatic carbocycles. The number of nitrogens with one attached hydrogen (secondary N) is 1. The van der Waals surface area contributed by atoms with E-state index < -0.39 is 10.0 Å². The molecule has 1 fully saturated rings. The van der Waals surface area contributed by atoms with Gasteiger partial charge in [0, 0.05) is 66.1 Å². The predicted molar refractivity (Wildman–Crippen MR) is 131 cm³/mol. The van der Waals surface area contributed by atoms with Crippen molar-refractivity contribution in [1.29, 1.82) is 0 Å². The molecule has 4 aromatic rings. The summed E-state index contributed by atoms with van der Waals surface area (Å²) in [7, 11) is -3.70. The van der Waals surface area contributed by atoms with Gasteiger partial charge in [0.15, 0.2) is 0 Å². The first-order valence-electron chi connectivity index (χ1n) is 10.9. The molecule has 8 nitrogen and oxygen atoms in total. The second kappa shape index (κ2) is 8.57. The first kappa shape index (κ1) is 22.6. The van der Waals surface area contributed by atoms with Crippen molar-refractivity contribution in [3.8, 4) is 5.69 Å². The maximum Gasteiger partial charge on any atom is 0.255 e. The molecular weight excluding hydrogens is 474 g/mol. The van der Waals surface area contributed by atoms with Crippen LogP contribution in [0.1, 0.15) is 21.7 Å². The van der Waals surface area contributed by atoms with Crippen LogP contribution < -0.4 is 0 Å². The first-order valence-corrected chi connectivity index (χ1v) is 12.8. The largest absolute Gasteiger partial charge is 0.345 e. The summed E-state index contributed by atoms with van der Waals surface area (Å²) in [4.78, 5) is 22.4. The third kappa shape index (κ3) is 3.79. The number of halogens is 1. The van der Waals surface area contributed by atoms with Gasteiger partial charge < -0.3 is 14.5 Å². The summed E-state index contributed by atoms with van der Waals surface area (Å²) >= 11 is 6.02. The van der Waals surface area contributed by atoms with Crippen LogP contribution in [0, 0.1) is 13.8 Å². The van der Waals surface area contributed by atoms with Gasteiger partial charge >= 0.3 is 0 Å². The SMILES string of the molecule is Cc1cc(C(=O)N2CCN(S(=O)(=O)c3c[nH]c4ncccc34)CC2)c(C)n1-c1ccc(Cl)cc1. The lowest BCUT2D eigenvalue weighted by molar-refractivity contribution is 0.0697. The molecule has 3 aromatic heterocycles. The molecule has 0 radical (unpaired) electrons. The fourth-order valence-electron chi connectivity index (χ4n) is 4.55. The van der Waals surface area contributed by atoms with Crippen LogP contribution in [0.4, 0.5) is 0 Å². The summed E-state index contributed by atoms with van der Waals surface area (Å²) in [5.41, 5.74) is 3.86. The van der Waals surface area contributed by atoms with E-state index in [4.69, 9.17) is 11.6 Å². The highest BCUT2D eigenvalue weighted by molar-refractivity contribution is 7.89. The molecule has 34 heavy (non-hydrogen) atoms. The Bertz CT molecular complexity index is 1480. The summed E-state index contributed by atoms with van der Waals surface area (Å²) in [5.74, 6) is -0.0957. The minimum atomic E-state index is -3.70. The van der Waals surface area contributed by atoms with Crippen molar-refractivity contribution in [3.63, 3.8) is 0 Å². The number of hydrogen-bond donors (Lipinski definition) is 1. The minimum absolute atomic E-state index is 0.0957. The normalized spacial score (nSPS) is 15.2. The van der Waals surface area contributed by atoms with Crippen molar-refractivity contribution in [3.05, 3.63) is 76.8 Å². The average Bonchev–Trinajstić information content (AvgIpc) is 3.40. The summed E-state index contributed by atoms with van der Waals surface area (Å²) < 4.78 is 30.0. The summed E-state index contributed by atoms with van der Waals surface area (Å²) in [5, 5.41) is 1.22. The zero-order chi connectivity index (χ0) is 24.0. The van der Waals surface area contributed by atoms with Crippen LogP contribution in [-0.4, -0.2) is 64.2 Å². The number of aromatic nitrogens is 3. The van der Waals surface area contributed by atoms with Crippen molar-refractivity contribution < 1.29 is 13.2 Å². The lowest BCUT2D eigenvalue weighted by Gasteiger charge is -2.34. The molecule has 1 aromatic carbocycles. The van der Waals surface area contributed by atoms with Crippen molar-refractivity contribution in [1.82, 2.24) is 23.7 Å². The molecule has 10 heteroatoms. The molecule has 1 amide bonds. The second-order valence-electron chi connectivity index (χ2n) is 8.35. The maximum atomic E-state index is 13.3. The molecule has 4 heterocycles. The molecule has 1 saturated heterocycles. The number of nitrogens with zero attached hydrogens (tertiary/aromatic N) is 4. The molecule has 176 valence electrons. The Balaban J connectivity index is 1.34. The van der Waals surface area contributed by atoms with E-state index in [0.717, 1.165) is 17.1 Å². The van der Waals surface area contributed by atoms with E-state index in [9.17, 15) is 13.2 Å². The van der Waals surface area contributed by atoms with Crippen LogP contribution in [0.15, 0.2) is 59.8 Å². The molecule has 0 bridgehead atoms. The highest BCUT2D eigenvalue weighted by atomic mass is 35.5. The number of aryl methyl sites for hydroxylation is 1. The number of amides is 1. The zero-order valence-electron chi connectivity index (χ0n) is 18.8. The Morgan fingerprint density at radius 2 is 1.76 bits per heavy atom. The minimum Gasteiger partial charge on any atom is -0.345 e. The number of piperazine rings is 1. The van der Waals surface area contributed by atoms with Crippen LogP contribution in [0.5, 0.6) is 0 Å². The molecule has 1 N–H and O–H groups in total. The Morgan fingerprint density at radius 1 is 1.06 bits per heavy atom. The van der Waals surface area contributed by atoms with Gasteiger partial charge in [-0.15, -0.1) is 0 Å². The lowest BCUT2D eigenvalue weighted by Crippen LogP contribution is -2.50. The van der Waals surface area contributed by atoms with Crippen LogP contribution >= 0.6 is 11.6 Å². The third-order valence-corrected chi connectivity index (χ3v) is 8.49. The Hall–Kier alpha value is -3.14. The fraction of sp³-hybridized carbons (Fsp3) is 0.250. The number of H-pyrrole nitrogens is 1. The Kier molecular flexibility index (Phi) is 5.71. The smallest absolute Gasteiger partial charge is 0.255 e. The van der Waals surface area contributed by atoms with Gasteiger partial charge in [-0.05, 0) is 56.3 Å². The van der Waals surface area contributed by atoms with E-state index >= 15 is 0 Å². The molecule has 5 rings (SSSR count). The van der Waals surface area contributed by atoms with Crippen molar-refractivity contribution in [2.24, 2.45) is 0 Å². The van der Waals surface area contributed by atoms with Crippen molar-refractivity contribution in [2.45, 2.75) is 18.7 Å². The van der Waals surface area contributed by atoms with E-state index in [1.807, 2.05) is 48.7 Å². The number of pyridine rings is 1. The number of carbonyl (C=O) groups excluding carboxylic acids is 1. The van der Waals surface area contributed by atoms with E-state index in [-0.39, 0.29) is 23.9 Å². The zero-order valence-corrected chi connectivity index (χ0v) is 20.4. The molecular formula is C24H24ClN5O3S. The van der Waals surface area contributed by atoms with Crippen molar-refractivity contribution in [2.75, 3.05) is 26.2 Å². The lowest BCUT2D eigenvalue weighted by atomic mass is 10.2. The van der Waals surface area contributed by atoms with Crippen LogP contribution in [0.25, 0.3) is 16.7 Å². The van der Waals surface area contributed by atoms with E-state index in [2.05, 4.69) is 9.97 Å². The van der Waals surface area contributed by atoms with Gasteiger partial charge in [0.25, 0.3) is 5.91 Å². The molecule has 1 aliphatic heterocycles. The maximum absolute atomic E-state index is 13.3. The van der Waals surface area contributed by atoms with Crippen LogP contribution in [-0.2, 0) is 10.0 Å². The standard InChI is InChI=1S/C24H24ClN5O3S/c1-16-14-21(17(2)30(16)19-7-5-18(25)6-8-19)24(31)28-10-12-29(13-11-28)34(32,33)22-15-27-23-20(22)4-3-9-26-23/h3-9,14-15H,10-13H2,1-2H3,(H,26,27). The van der Waals surface area contributed by atoms with Gasteiger partial charge in [-0.3, -0.25) is 4.79 Å². The van der Waals surface area contributed by atoms with E-state index in [1.165, 1.54) is 10.5 Å².